The molecule has 1 aromatic rings. The van der Waals surface area contributed by atoms with E-state index in [1.807, 2.05) is 30.3 Å². The van der Waals surface area contributed by atoms with Gasteiger partial charge in [0.2, 0.25) is 0 Å². The van der Waals surface area contributed by atoms with Crippen molar-refractivity contribution < 1.29 is 22.7 Å². The van der Waals surface area contributed by atoms with Gasteiger partial charge in [0.15, 0.2) is 0 Å². The summed E-state index contributed by atoms with van der Waals surface area (Å²) in [6, 6.07) is 9.10. The number of benzene rings is 1. The summed E-state index contributed by atoms with van der Waals surface area (Å²) >= 11 is 0. The van der Waals surface area contributed by atoms with Gasteiger partial charge in [0.25, 0.3) is 0 Å². The summed E-state index contributed by atoms with van der Waals surface area (Å²) < 4.78 is 41.7. The standard InChI is InChI=1S/C15H15F3O2/c1-2-20-14(19)13(11-15(16,17)18)10-6-9-12-7-4-3-5-8-12/h3-9,11H,2,10H2,1H3/b9-6+,13-11+. The Morgan fingerprint density at radius 3 is 2.45 bits per heavy atom. The van der Waals surface area contributed by atoms with Gasteiger partial charge < -0.3 is 4.74 Å². The molecule has 1 rings (SSSR count). The second kappa shape index (κ2) is 7.53. The van der Waals surface area contributed by atoms with Crippen LogP contribution in [0.2, 0.25) is 0 Å². The van der Waals surface area contributed by atoms with Crippen LogP contribution in [0, 0.1) is 0 Å². The third kappa shape index (κ3) is 6.22. The van der Waals surface area contributed by atoms with E-state index in [1.165, 1.54) is 6.08 Å². The molecule has 0 aromatic heterocycles. The molecule has 0 aliphatic heterocycles. The lowest BCUT2D eigenvalue weighted by Crippen LogP contribution is -2.12. The van der Waals surface area contributed by atoms with Crippen molar-refractivity contribution in [1.82, 2.24) is 0 Å². The van der Waals surface area contributed by atoms with E-state index in [0.717, 1.165) is 5.56 Å². The van der Waals surface area contributed by atoms with Crippen LogP contribution in [-0.2, 0) is 9.53 Å². The zero-order valence-electron chi connectivity index (χ0n) is 11.0. The molecule has 1 aromatic carbocycles. The van der Waals surface area contributed by atoms with E-state index in [-0.39, 0.29) is 19.1 Å². The van der Waals surface area contributed by atoms with Gasteiger partial charge in [-0.1, -0.05) is 42.5 Å². The van der Waals surface area contributed by atoms with Crippen LogP contribution < -0.4 is 0 Å². The Morgan fingerprint density at radius 1 is 1.25 bits per heavy atom. The monoisotopic (exact) mass is 284 g/mol. The lowest BCUT2D eigenvalue weighted by molar-refractivity contribution is -0.139. The lowest BCUT2D eigenvalue weighted by Gasteiger charge is -2.06. The fourth-order valence-corrected chi connectivity index (χ4v) is 1.51. The van der Waals surface area contributed by atoms with Gasteiger partial charge in [0.05, 0.1) is 6.61 Å². The van der Waals surface area contributed by atoms with Crippen LogP contribution in [-0.4, -0.2) is 18.8 Å². The largest absolute Gasteiger partial charge is 0.463 e. The van der Waals surface area contributed by atoms with Crippen molar-refractivity contribution in [3.05, 3.63) is 53.6 Å². The van der Waals surface area contributed by atoms with Gasteiger partial charge in [0, 0.05) is 11.6 Å². The van der Waals surface area contributed by atoms with Crippen molar-refractivity contribution in [2.24, 2.45) is 0 Å². The maximum atomic E-state index is 12.3. The molecule has 2 nitrogen and oxygen atoms in total. The normalized spacial score (nSPS) is 12.7. The molecule has 0 atom stereocenters. The number of carbonyl (C=O) groups is 1. The predicted octanol–water partition coefficient (Wildman–Crippen LogP) is 4.14. The minimum Gasteiger partial charge on any atom is -0.463 e. The number of hydrogen-bond acceptors (Lipinski definition) is 2. The summed E-state index contributed by atoms with van der Waals surface area (Å²) in [6.07, 6.45) is -1.52. The summed E-state index contributed by atoms with van der Waals surface area (Å²) in [6.45, 7) is 1.58. The maximum absolute atomic E-state index is 12.3. The number of hydrogen-bond donors (Lipinski definition) is 0. The summed E-state index contributed by atoms with van der Waals surface area (Å²) in [5, 5.41) is 0. The average molecular weight is 284 g/mol. The number of ether oxygens (including phenoxy) is 1. The molecule has 0 amide bonds. The Labute approximate surface area is 115 Å². The first-order chi connectivity index (χ1) is 9.42. The highest BCUT2D eigenvalue weighted by atomic mass is 19.4. The summed E-state index contributed by atoms with van der Waals surface area (Å²) in [5.74, 6) is -0.942. The van der Waals surface area contributed by atoms with Gasteiger partial charge in [-0.15, -0.1) is 0 Å². The van der Waals surface area contributed by atoms with Crippen LogP contribution in [0.5, 0.6) is 0 Å². The number of carbonyl (C=O) groups excluding carboxylic acids is 1. The fourth-order valence-electron chi connectivity index (χ4n) is 1.51. The highest BCUT2D eigenvalue weighted by Crippen LogP contribution is 2.21. The van der Waals surface area contributed by atoms with Gasteiger partial charge in [-0.05, 0) is 18.9 Å². The smallest absolute Gasteiger partial charge is 0.410 e. The van der Waals surface area contributed by atoms with Gasteiger partial charge in [0.1, 0.15) is 0 Å². The van der Waals surface area contributed by atoms with E-state index in [0.29, 0.717) is 0 Å². The fraction of sp³-hybridized carbons (Fsp3) is 0.267. The molecule has 0 saturated heterocycles. The number of rotatable bonds is 5. The zero-order valence-corrected chi connectivity index (χ0v) is 11.0. The van der Waals surface area contributed by atoms with Gasteiger partial charge >= 0.3 is 12.1 Å². The first-order valence-electron chi connectivity index (χ1n) is 6.09. The minimum atomic E-state index is -4.54. The molecule has 0 aliphatic rings. The zero-order chi connectivity index (χ0) is 15.0. The third-order valence-corrected chi connectivity index (χ3v) is 2.32. The number of esters is 1. The lowest BCUT2D eigenvalue weighted by atomic mass is 10.1. The van der Waals surface area contributed by atoms with E-state index in [2.05, 4.69) is 4.74 Å². The van der Waals surface area contributed by atoms with E-state index < -0.39 is 17.7 Å². The molecule has 5 heteroatoms. The highest BCUT2D eigenvalue weighted by molar-refractivity contribution is 5.89. The highest BCUT2D eigenvalue weighted by Gasteiger charge is 2.26. The van der Waals surface area contributed by atoms with Crippen LogP contribution in [0.25, 0.3) is 6.08 Å². The molecule has 0 radical (unpaired) electrons. The van der Waals surface area contributed by atoms with Gasteiger partial charge in [-0.25, -0.2) is 4.79 Å². The molecule has 0 aliphatic carbocycles. The molecule has 0 bridgehead atoms. The van der Waals surface area contributed by atoms with Crippen LogP contribution in [0.1, 0.15) is 18.9 Å². The Kier molecular flexibility index (Phi) is 6.03. The van der Waals surface area contributed by atoms with Crippen molar-refractivity contribution in [3.8, 4) is 0 Å². The van der Waals surface area contributed by atoms with Gasteiger partial charge in [-0.2, -0.15) is 13.2 Å². The molecular formula is C15H15F3O2. The van der Waals surface area contributed by atoms with Crippen LogP contribution in [0.4, 0.5) is 13.2 Å². The molecule has 0 spiro atoms. The van der Waals surface area contributed by atoms with Crippen LogP contribution in [0.3, 0.4) is 0 Å². The Morgan fingerprint density at radius 2 is 1.90 bits per heavy atom. The van der Waals surface area contributed by atoms with E-state index in [9.17, 15) is 18.0 Å². The van der Waals surface area contributed by atoms with E-state index in [4.69, 9.17) is 0 Å². The third-order valence-electron chi connectivity index (χ3n) is 2.32. The number of alkyl halides is 3. The second-order valence-electron chi connectivity index (χ2n) is 3.95. The van der Waals surface area contributed by atoms with E-state index >= 15 is 0 Å². The SMILES string of the molecule is CCOC(=O)/C(=C/C(F)(F)F)C/C=C/c1ccccc1. The van der Waals surface area contributed by atoms with Crippen LogP contribution >= 0.6 is 0 Å². The molecule has 0 unspecified atom stereocenters. The van der Waals surface area contributed by atoms with Crippen LogP contribution in [0.15, 0.2) is 48.1 Å². The van der Waals surface area contributed by atoms with Crippen molar-refractivity contribution in [3.63, 3.8) is 0 Å². The van der Waals surface area contributed by atoms with E-state index in [1.54, 1.807) is 13.0 Å². The molecule has 0 saturated carbocycles. The molecule has 0 fully saturated rings. The van der Waals surface area contributed by atoms with Crippen molar-refractivity contribution in [1.29, 1.82) is 0 Å². The Hall–Kier alpha value is -2.04. The first kappa shape index (κ1) is 16.0. The van der Waals surface area contributed by atoms with Crippen molar-refractivity contribution in [2.45, 2.75) is 19.5 Å². The molecular weight excluding hydrogens is 269 g/mol. The summed E-state index contributed by atoms with van der Waals surface area (Å²) in [5.41, 5.74) is 0.439. The Balaban J connectivity index is 2.78. The van der Waals surface area contributed by atoms with Gasteiger partial charge in [-0.3, -0.25) is 0 Å². The summed E-state index contributed by atoms with van der Waals surface area (Å²) in [4.78, 5) is 11.4. The summed E-state index contributed by atoms with van der Waals surface area (Å²) in [7, 11) is 0. The predicted molar refractivity (Wildman–Crippen MR) is 70.9 cm³/mol. The topological polar surface area (TPSA) is 26.3 Å². The molecule has 108 valence electrons. The minimum absolute atomic E-state index is 0.0136. The molecule has 0 heterocycles. The average Bonchev–Trinajstić information content (AvgIpc) is 2.37. The number of allylic oxidation sites excluding steroid dienone is 2. The maximum Gasteiger partial charge on any atom is 0.410 e. The first-order valence-corrected chi connectivity index (χ1v) is 6.09. The van der Waals surface area contributed by atoms with Crippen molar-refractivity contribution in [2.75, 3.05) is 6.61 Å². The molecule has 20 heavy (non-hydrogen) atoms. The quantitative estimate of drug-likeness (QED) is 0.600. The van der Waals surface area contributed by atoms with Crippen molar-refractivity contribution >= 4 is 12.0 Å². The number of halogens is 3. The molecule has 0 N–H and O–H groups in total. The second-order valence-corrected chi connectivity index (χ2v) is 3.95. The Bertz CT molecular complexity index is 488.